The highest BCUT2D eigenvalue weighted by molar-refractivity contribution is 5.78. The second kappa shape index (κ2) is 6.55. The second-order valence-electron chi connectivity index (χ2n) is 5.50. The van der Waals surface area contributed by atoms with Gasteiger partial charge < -0.3 is 10.6 Å². The summed E-state index contributed by atoms with van der Waals surface area (Å²) >= 11 is 0. The highest BCUT2D eigenvalue weighted by Gasteiger charge is 2.19. The molecule has 0 spiro atoms. The van der Waals surface area contributed by atoms with Gasteiger partial charge in [0, 0.05) is 25.6 Å². The summed E-state index contributed by atoms with van der Waals surface area (Å²) < 4.78 is 0. The summed E-state index contributed by atoms with van der Waals surface area (Å²) in [5, 5.41) is 6.38. The van der Waals surface area contributed by atoms with Gasteiger partial charge in [-0.3, -0.25) is 4.79 Å². The van der Waals surface area contributed by atoms with Crippen LogP contribution in [0.1, 0.15) is 18.4 Å². The van der Waals surface area contributed by atoms with Crippen LogP contribution in [-0.4, -0.2) is 18.5 Å². The lowest BCUT2D eigenvalue weighted by Crippen LogP contribution is -2.35. The van der Waals surface area contributed by atoms with E-state index in [1.807, 2.05) is 6.07 Å². The number of carbonyl (C=O) groups excluding carboxylic acids is 1. The van der Waals surface area contributed by atoms with Crippen molar-refractivity contribution in [1.82, 2.24) is 10.6 Å². The van der Waals surface area contributed by atoms with Crippen LogP contribution >= 0.6 is 0 Å². The van der Waals surface area contributed by atoms with E-state index < -0.39 is 0 Å². The Bertz CT molecular complexity index is 592. The summed E-state index contributed by atoms with van der Waals surface area (Å²) in [7, 11) is 0. The smallest absolute Gasteiger partial charge is 0.220 e. The predicted molar refractivity (Wildman–Crippen MR) is 84.7 cm³/mol. The van der Waals surface area contributed by atoms with Crippen molar-refractivity contribution in [2.75, 3.05) is 6.54 Å². The van der Waals surface area contributed by atoms with Crippen LogP contribution in [0.15, 0.2) is 54.6 Å². The van der Waals surface area contributed by atoms with Crippen molar-refractivity contribution in [3.63, 3.8) is 0 Å². The van der Waals surface area contributed by atoms with Gasteiger partial charge in [0.1, 0.15) is 0 Å². The Hall–Kier alpha value is -2.13. The monoisotopic (exact) mass is 280 g/mol. The fourth-order valence-corrected chi connectivity index (χ4v) is 2.67. The summed E-state index contributed by atoms with van der Waals surface area (Å²) in [6.07, 6.45) is 1.61. The van der Waals surface area contributed by atoms with Gasteiger partial charge in [-0.2, -0.15) is 0 Å². The first-order chi connectivity index (χ1) is 10.3. The molecule has 108 valence electrons. The molecule has 1 saturated heterocycles. The zero-order valence-corrected chi connectivity index (χ0v) is 12.0. The number of benzene rings is 2. The van der Waals surface area contributed by atoms with E-state index >= 15 is 0 Å². The third-order valence-electron chi connectivity index (χ3n) is 3.87. The number of carbonyl (C=O) groups is 1. The van der Waals surface area contributed by atoms with Crippen LogP contribution in [0.25, 0.3) is 11.1 Å². The van der Waals surface area contributed by atoms with E-state index in [1.165, 1.54) is 16.7 Å². The summed E-state index contributed by atoms with van der Waals surface area (Å²) in [5.41, 5.74) is 3.74. The molecule has 0 saturated carbocycles. The minimum atomic E-state index is 0.175. The Balaban J connectivity index is 1.52. The third-order valence-corrected chi connectivity index (χ3v) is 3.87. The molecule has 1 aliphatic heterocycles. The van der Waals surface area contributed by atoms with Crippen LogP contribution in [0.3, 0.4) is 0 Å². The predicted octanol–water partition coefficient (Wildman–Crippen LogP) is 2.72. The Morgan fingerprint density at radius 1 is 1.00 bits per heavy atom. The largest absolute Gasteiger partial charge is 0.352 e. The van der Waals surface area contributed by atoms with E-state index in [1.54, 1.807) is 0 Å². The van der Waals surface area contributed by atoms with Gasteiger partial charge in [-0.25, -0.2) is 0 Å². The molecule has 0 aromatic heterocycles. The zero-order valence-electron chi connectivity index (χ0n) is 12.0. The average molecular weight is 280 g/mol. The molecule has 1 unspecified atom stereocenters. The van der Waals surface area contributed by atoms with Crippen molar-refractivity contribution < 1.29 is 4.79 Å². The minimum absolute atomic E-state index is 0.175. The molecule has 3 nitrogen and oxygen atoms in total. The molecule has 0 aliphatic carbocycles. The third kappa shape index (κ3) is 3.70. The van der Waals surface area contributed by atoms with Crippen molar-refractivity contribution in [3.8, 4) is 11.1 Å². The molecular formula is C18H20N2O. The van der Waals surface area contributed by atoms with Gasteiger partial charge in [-0.05, 0) is 23.1 Å². The number of amides is 1. The Labute approximate surface area is 125 Å². The van der Waals surface area contributed by atoms with Crippen LogP contribution in [-0.2, 0) is 11.3 Å². The molecule has 2 aromatic rings. The van der Waals surface area contributed by atoms with Crippen molar-refractivity contribution >= 4 is 5.91 Å². The van der Waals surface area contributed by atoms with Crippen LogP contribution in [0.5, 0.6) is 0 Å². The lowest BCUT2D eigenvalue weighted by Gasteiger charge is -2.11. The number of nitrogens with one attached hydrogen (secondary N) is 2. The van der Waals surface area contributed by atoms with Gasteiger partial charge in [0.15, 0.2) is 0 Å². The van der Waals surface area contributed by atoms with Crippen LogP contribution < -0.4 is 10.6 Å². The first-order valence-electron chi connectivity index (χ1n) is 7.46. The van der Waals surface area contributed by atoms with Crippen molar-refractivity contribution in [3.05, 3.63) is 60.2 Å². The normalized spacial score (nSPS) is 17.7. The Kier molecular flexibility index (Phi) is 4.31. The SMILES string of the molecule is O=C1CCC(CNCc2ccc(-c3ccccc3)cc2)N1. The van der Waals surface area contributed by atoms with E-state index in [0.717, 1.165) is 19.5 Å². The van der Waals surface area contributed by atoms with E-state index in [9.17, 15) is 4.79 Å². The summed E-state index contributed by atoms with van der Waals surface area (Å²) in [6.45, 7) is 1.67. The molecule has 1 amide bonds. The number of hydrogen-bond acceptors (Lipinski definition) is 2. The van der Waals surface area contributed by atoms with E-state index in [0.29, 0.717) is 12.5 Å². The van der Waals surface area contributed by atoms with Crippen LogP contribution in [0, 0.1) is 0 Å². The van der Waals surface area contributed by atoms with E-state index in [-0.39, 0.29) is 5.91 Å². The molecule has 1 fully saturated rings. The lowest BCUT2D eigenvalue weighted by molar-refractivity contribution is -0.119. The molecule has 1 aliphatic rings. The molecule has 0 bridgehead atoms. The fourth-order valence-electron chi connectivity index (χ4n) is 2.67. The highest BCUT2D eigenvalue weighted by atomic mass is 16.1. The molecular weight excluding hydrogens is 260 g/mol. The number of rotatable bonds is 5. The maximum atomic E-state index is 11.1. The first kappa shape index (κ1) is 13.8. The summed E-state index contributed by atoms with van der Waals surface area (Å²) in [4.78, 5) is 11.1. The quantitative estimate of drug-likeness (QED) is 0.884. The molecule has 3 heteroatoms. The molecule has 0 radical (unpaired) electrons. The maximum Gasteiger partial charge on any atom is 0.220 e. The van der Waals surface area contributed by atoms with Crippen molar-refractivity contribution in [1.29, 1.82) is 0 Å². The van der Waals surface area contributed by atoms with Gasteiger partial charge in [-0.15, -0.1) is 0 Å². The summed E-state index contributed by atoms with van der Waals surface area (Å²) in [6, 6.07) is 19.3. The van der Waals surface area contributed by atoms with Crippen LogP contribution in [0.4, 0.5) is 0 Å². The fraction of sp³-hybridized carbons (Fsp3) is 0.278. The second-order valence-corrected chi connectivity index (χ2v) is 5.50. The molecule has 21 heavy (non-hydrogen) atoms. The zero-order chi connectivity index (χ0) is 14.5. The lowest BCUT2D eigenvalue weighted by atomic mass is 10.0. The maximum absolute atomic E-state index is 11.1. The molecule has 1 atom stereocenters. The number of hydrogen-bond donors (Lipinski definition) is 2. The molecule has 1 heterocycles. The van der Waals surface area contributed by atoms with Gasteiger partial charge >= 0.3 is 0 Å². The van der Waals surface area contributed by atoms with Gasteiger partial charge in [0.2, 0.25) is 5.91 Å². The standard InChI is InChI=1S/C18H20N2O/c21-18-11-10-17(20-18)13-19-12-14-6-8-16(9-7-14)15-4-2-1-3-5-15/h1-9,17,19H,10-13H2,(H,20,21). The summed E-state index contributed by atoms with van der Waals surface area (Å²) in [5.74, 6) is 0.175. The van der Waals surface area contributed by atoms with Gasteiger partial charge in [-0.1, -0.05) is 54.6 Å². The highest BCUT2D eigenvalue weighted by Crippen LogP contribution is 2.19. The Morgan fingerprint density at radius 3 is 2.38 bits per heavy atom. The van der Waals surface area contributed by atoms with Crippen molar-refractivity contribution in [2.24, 2.45) is 0 Å². The van der Waals surface area contributed by atoms with Gasteiger partial charge in [0.05, 0.1) is 0 Å². The van der Waals surface area contributed by atoms with E-state index in [2.05, 4.69) is 59.2 Å². The average Bonchev–Trinajstić information content (AvgIpc) is 2.94. The van der Waals surface area contributed by atoms with E-state index in [4.69, 9.17) is 0 Å². The topological polar surface area (TPSA) is 41.1 Å². The molecule has 2 N–H and O–H groups in total. The first-order valence-corrected chi connectivity index (χ1v) is 7.46. The minimum Gasteiger partial charge on any atom is -0.352 e. The van der Waals surface area contributed by atoms with Crippen LogP contribution in [0.2, 0.25) is 0 Å². The van der Waals surface area contributed by atoms with Crippen molar-refractivity contribution in [2.45, 2.75) is 25.4 Å². The molecule has 2 aromatic carbocycles. The molecule has 3 rings (SSSR count). The van der Waals surface area contributed by atoms with Gasteiger partial charge in [0.25, 0.3) is 0 Å². The Morgan fingerprint density at radius 2 is 1.71 bits per heavy atom.